The van der Waals surface area contributed by atoms with E-state index < -0.39 is 0 Å². The summed E-state index contributed by atoms with van der Waals surface area (Å²) >= 11 is 0. The highest BCUT2D eigenvalue weighted by Gasteiger charge is 2.15. The quantitative estimate of drug-likeness (QED) is 0.769. The van der Waals surface area contributed by atoms with Gasteiger partial charge in [0.05, 0.1) is 31.0 Å². The summed E-state index contributed by atoms with van der Waals surface area (Å²) in [4.78, 5) is 14.6. The van der Waals surface area contributed by atoms with Crippen LogP contribution in [0.5, 0.6) is 0 Å². The van der Waals surface area contributed by atoms with Gasteiger partial charge in [-0.1, -0.05) is 42.5 Å². The Morgan fingerprint density at radius 1 is 0.960 bits per heavy atom. The molecule has 2 aromatic carbocycles. The van der Waals surface area contributed by atoms with Crippen molar-refractivity contribution in [3.63, 3.8) is 0 Å². The highest BCUT2D eigenvalue weighted by molar-refractivity contribution is 5.94. The standard InChI is InChI=1S/C21H26N2O2/c24-21(13-16-25-17-18-9-3-1-4-10-18)22-19-11-5-6-12-20(19)23-14-7-2-8-15-23/h1,3-6,9-12H,2,7-8,13-17H2,(H,22,24). The number of piperidine rings is 1. The number of hydrogen-bond acceptors (Lipinski definition) is 3. The molecule has 3 rings (SSSR count). The smallest absolute Gasteiger partial charge is 0.226 e. The number of benzene rings is 2. The van der Waals surface area contributed by atoms with E-state index in [4.69, 9.17) is 4.74 Å². The van der Waals surface area contributed by atoms with Crippen LogP contribution in [0.4, 0.5) is 11.4 Å². The first kappa shape index (κ1) is 17.5. The third-order valence-electron chi connectivity index (χ3n) is 4.46. The lowest BCUT2D eigenvalue weighted by atomic mass is 10.1. The molecule has 1 aliphatic rings. The Labute approximate surface area is 149 Å². The Bertz CT molecular complexity index is 667. The molecule has 0 aromatic heterocycles. The number of carbonyl (C=O) groups excluding carboxylic acids is 1. The van der Waals surface area contributed by atoms with Gasteiger partial charge in [-0.3, -0.25) is 4.79 Å². The zero-order valence-corrected chi connectivity index (χ0v) is 14.6. The van der Waals surface area contributed by atoms with Gasteiger partial charge in [-0.05, 0) is 37.0 Å². The number of ether oxygens (including phenoxy) is 1. The van der Waals surface area contributed by atoms with Crippen molar-refractivity contribution in [1.29, 1.82) is 0 Å². The summed E-state index contributed by atoms with van der Waals surface area (Å²) in [5, 5.41) is 3.05. The van der Waals surface area contributed by atoms with Gasteiger partial charge in [0, 0.05) is 13.1 Å². The molecule has 4 nitrogen and oxygen atoms in total. The summed E-state index contributed by atoms with van der Waals surface area (Å²) in [6, 6.07) is 18.1. The molecular weight excluding hydrogens is 312 g/mol. The van der Waals surface area contributed by atoms with E-state index in [-0.39, 0.29) is 5.91 Å². The van der Waals surface area contributed by atoms with E-state index in [1.54, 1.807) is 0 Å². The van der Waals surface area contributed by atoms with E-state index in [1.807, 2.05) is 48.5 Å². The molecule has 4 heteroatoms. The molecule has 0 aliphatic carbocycles. The molecule has 25 heavy (non-hydrogen) atoms. The van der Waals surface area contributed by atoms with Crippen molar-refractivity contribution in [2.24, 2.45) is 0 Å². The van der Waals surface area contributed by atoms with Crippen molar-refractivity contribution in [1.82, 2.24) is 0 Å². The van der Waals surface area contributed by atoms with Crippen LogP contribution in [0.15, 0.2) is 54.6 Å². The maximum absolute atomic E-state index is 12.2. The SMILES string of the molecule is O=C(CCOCc1ccccc1)Nc1ccccc1N1CCCCC1. The lowest BCUT2D eigenvalue weighted by Crippen LogP contribution is -2.30. The molecule has 0 unspecified atom stereocenters. The Hall–Kier alpha value is -2.33. The van der Waals surface area contributed by atoms with Gasteiger partial charge in [0.1, 0.15) is 0 Å². The Morgan fingerprint density at radius 3 is 2.48 bits per heavy atom. The van der Waals surface area contributed by atoms with E-state index in [2.05, 4.69) is 16.3 Å². The summed E-state index contributed by atoms with van der Waals surface area (Å²) in [5.74, 6) is -0.00230. The minimum Gasteiger partial charge on any atom is -0.376 e. The topological polar surface area (TPSA) is 41.6 Å². The first-order valence-corrected chi connectivity index (χ1v) is 9.08. The lowest BCUT2D eigenvalue weighted by molar-refractivity contribution is -0.117. The third kappa shape index (κ3) is 5.33. The Kier molecular flexibility index (Phi) is 6.46. The average molecular weight is 338 g/mol. The first-order chi connectivity index (χ1) is 12.3. The largest absolute Gasteiger partial charge is 0.376 e. The van der Waals surface area contributed by atoms with Crippen LogP contribution >= 0.6 is 0 Å². The highest BCUT2D eigenvalue weighted by atomic mass is 16.5. The van der Waals surface area contributed by atoms with Gasteiger partial charge in [0.25, 0.3) is 0 Å². The van der Waals surface area contributed by atoms with Gasteiger partial charge in [0.2, 0.25) is 5.91 Å². The molecule has 1 aliphatic heterocycles. The molecule has 1 saturated heterocycles. The second-order valence-corrected chi connectivity index (χ2v) is 6.40. The maximum atomic E-state index is 12.2. The van der Waals surface area contributed by atoms with Crippen LogP contribution in [-0.2, 0) is 16.1 Å². The normalized spacial score (nSPS) is 14.3. The predicted octanol–water partition coefficient (Wildman–Crippen LogP) is 4.22. The van der Waals surface area contributed by atoms with Crippen molar-refractivity contribution in [2.75, 3.05) is 29.9 Å². The highest BCUT2D eigenvalue weighted by Crippen LogP contribution is 2.28. The molecule has 132 valence electrons. The van der Waals surface area contributed by atoms with Crippen molar-refractivity contribution in [2.45, 2.75) is 32.3 Å². The average Bonchev–Trinajstić information content (AvgIpc) is 2.67. The molecule has 1 heterocycles. The fourth-order valence-electron chi connectivity index (χ4n) is 3.13. The molecule has 0 spiro atoms. The van der Waals surface area contributed by atoms with E-state index in [0.29, 0.717) is 19.6 Å². The first-order valence-electron chi connectivity index (χ1n) is 9.08. The molecule has 0 saturated carbocycles. The van der Waals surface area contributed by atoms with Crippen molar-refractivity contribution >= 4 is 17.3 Å². The fraction of sp³-hybridized carbons (Fsp3) is 0.381. The number of anilines is 2. The molecule has 1 fully saturated rings. The van der Waals surface area contributed by atoms with Crippen molar-refractivity contribution in [3.8, 4) is 0 Å². The van der Waals surface area contributed by atoms with Crippen LogP contribution in [0.1, 0.15) is 31.2 Å². The number of rotatable bonds is 7. The molecule has 1 N–H and O–H groups in total. The zero-order chi connectivity index (χ0) is 17.3. The van der Waals surface area contributed by atoms with Gasteiger partial charge in [0.15, 0.2) is 0 Å². The second-order valence-electron chi connectivity index (χ2n) is 6.40. The molecule has 1 amide bonds. The van der Waals surface area contributed by atoms with E-state index in [0.717, 1.165) is 30.0 Å². The predicted molar refractivity (Wildman–Crippen MR) is 102 cm³/mol. The molecular formula is C21H26N2O2. The molecule has 0 radical (unpaired) electrons. The number of carbonyl (C=O) groups is 1. The van der Waals surface area contributed by atoms with Crippen molar-refractivity contribution < 1.29 is 9.53 Å². The fourth-order valence-corrected chi connectivity index (χ4v) is 3.13. The number of para-hydroxylation sites is 2. The van der Waals surface area contributed by atoms with Gasteiger partial charge < -0.3 is 15.0 Å². The van der Waals surface area contributed by atoms with Crippen LogP contribution in [0.3, 0.4) is 0 Å². The van der Waals surface area contributed by atoms with E-state index in [1.165, 1.54) is 19.3 Å². The van der Waals surface area contributed by atoms with Crippen LogP contribution in [0.2, 0.25) is 0 Å². The van der Waals surface area contributed by atoms with E-state index >= 15 is 0 Å². The van der Waals surface area contributed by atoms with Gasteiger partial charge in [-0.15, -0.1) is 0 Å². The van der Waals surface area contributed by atoms with E-state index in [9.17, 15) is 4.79 Å². The summed E-state index contributed by atoms with van der Waals surface area (Å²) < 4.78 is 5.60. The molecule has 0 atom stereocenters. The lowest BCUT2D eigenvalue weighted by Gasteiger charge is -2.30. The van der Waals surface area contributed by atoms with Crippen molar-refractivity contribution in [3.05, 3.63) is 60.2 Å². The number of nitrogens with one attached hydrogen (secondary N) is 1. The summed E-state index contributed by atoms with van der Waals surface area (Å²) in [7, 11) is 0. The Balaban J connectivity index is 1.47. The minimum atomic E-state index is -0.00230. The van der Waals surface area contributed by atoms with Gasteiger partial charge in [-0.2, -0.15) is 0 Å². The summed E-state index contributed by atoms with van der Waals surface area (Å²) in [6.45, 7) is 3.09. The van der Waals surface area contributed by atoms with Crippen LogP contribution in [0.25, 0.3) is 0 Å². The summed E-state index contributed by atoms with van der Waals surface area (Å²) in [6.07, 6.45) is 4.09. The monoisotopic (exact) mass is 338 g/mol. The zero-order valence-electron chi connectivity index (χ0n) is 14.6. The minimum absolute atomic E-state index is 0.00230. The van der Waals surface area contributed by atoms with Crippen LogP contribution < -0.4 is 10.2 Å². The number of nitrogens with zero attached hydrogens (tertiary/aromatic N) is 1. The molecule has 2 aromatic rings. The van der Waals surface area contributed by atoms with Gasteiger partial charge in [-0.25, -0.2) is 0 Å². The number of amides is 1. The number of hydrogen-bond donors (Lipinski definition) is 1. The maximum Gasteiger partial charge on any atom is 0.226 e. The third-order valence-corrected chi connectivity index (χ3v) is 4.46. The van der Waals surface area contributed by atoms with Gasteiger partial charge >= 0.3 is 0 Å². The summed E-state index contributed by atoms with van der Waals surface area (Å²) in [5.41, 5.74) is 3.15. The van der Waals surface area contributed by atoms with Crippen LogP contribution in [0, 0.1) is 0 Å². The molecule has 0 bridgehead atoms. The Morgan fingerprint density at radius 2 is 1.68 bits per heavy atom. The second kappa shape index (κ2) is 9.23. The van der Waals surface area contributed by atoms with Crippen LogP contribution in [-0.4, -0.2) is 25.6 Å².